The molecule has 2 aliphatic heterocycles. The van der Waals surface area contributed by atoms with Gasteiger partial charge in [0.15, 0.2) is 17.2 Å². The molecule has 15 heteroatoms. The van der Waals surface area contributed by atoms with E-state index in [4.69, 9.17) is 21.1 Å². The molecule has 1 aromatic heterocycles. The molecular weight excluding hydrogens is 574 g/mol. The van der Waals surface area contributed by atoms with E-state index in [1.54, 1.807) is 0 Å². The Morgan fingerprint density at radius 3 is 2.28 bits per heavy atom. The number of rotatable bonds is 10. The second kappa shape index (κ2) is 12.7. The van der Waals surface area contributed by atoms with E-state index >= 15 is 0 Å². The molecule has 2 aliphatic rings. The third-order valence-corrected chi connectivity index (χ3v) is 9.59. The molecule has 2 aromatic rings. The molecule has 2 fully saturated rings. The number of sulfonamides is 1. The summed E-state index contributed by atoms with van der Waals surface area (Å²) in [6.07, 6.45) is 2.24. The summed E-state index contributed by atoms with van der Waals surface area (Å²) >= 11 is 6.78. The van der Waals surface area contributed by atoms with Gasteiger partial charge in [0.1, 0.15) is 4.34 Å². The molecule has 39 heavy (non-hydrogen) atoms. The summed E-state index contributed by atoms with van der Waals surface area (Å²) in [7, 11) is -3.67. The topological polar surface area (TPSA) is 172 Å². The van der Waals surface area contributed by atoms with E-state index in [9.17, 15) is 33.0 Å². The quantitative estimate of drug-likeness (QED) is 0.343. The second-order valence-electron chi connectivity index (χ2n) is 9.14. The van der Waals surface area contributed by atoms with Crippen molar-refractivity contribution < 1.29 is 42.5 Å². The van der Waals surface area contributed by atoms with Crippen molar-refractivity contribution in [2.24, 2.45) is 0 Å². The predicted octanol–water partition coefficient (Wildman–Crippen LogP) is 3.10. The first-order chi connectivity index (χ1) is 18.6. The van der Waals surface area contributed by atoms with Crippen molar-refractivity contribution >= 4 is 55.9 Å². The number of hydrogen-bond donors (Lipinski definition) is 3. The number of nitrogens with zero attached hydrogens (tertiary/aromatic N) is 2. The highest BCUT2D eigenvalue weighted by Crippen LogP contribution is 2.35. The van der Waals surface area contributed by atoms with Gasteiger partial charge in [0.25, 0.3) is 5.91 Å². The zero-order valence-electron chi connectivity index (χ0n) is 20.7. The van der Waals surface area contributed by atoms with Gasteiger partial charge < -0.3 is 19.7 Å². The van der Waals surface area contributed by atoms with E-state index in [1.165, 1.54) is 28.6 Å². The highest BCUT2D eigenvalue weighted by atomic mass is 35.5. The summed E-state index contributed by atoms with van der Waals surface area (Å²) < 4.78 is 38.8. The van der Waals surface area contributed by atoms with Gasteiger partial charge in [0.2, 0.25) is 10.0 Å². The molecule has 0 radical (unpaired) electrons. The molecule has 12 nitrogen and oxygen atoms in total. The van der Waals surface area contributed by atoms with Gasteiger partial charge in [-0.1, -0.05) is 41.5 Å². The molecule has 1 aromatic carbocycles. The lowest BCUT2D eigenvalue weighted by Crippen LogP contribution is -2.35. The molecule has 0 bridgehead atoms. The molecule has 1 atom stereocenters. The normalized spacial score (nSPS) is 18.1. The first-order valence-corrected chi connectivity index (χ1v) is 15.0. The van der Waals surface area contributed by atoms with E-state index in [-0.39, 0.29) is 20.5 Å². The van der Waals surface area contributed by atoms with Crippen molar-refractivity contribution in [2.75, 3.05) is 31.6 Å². The second-order valence-corrected chi connectivity index (χ2v) is 12.7. The average molecular weight is 602 g/mol. The highest BCUT2D eigenvalue weighted by Gasteiger charge is 2.34. The molecule has 1 unspecified atom stereocenters. The number of ether oxygens (including phenoxy) is 2. The molecule has 4 rings (SSSR count). The number of nitrogens with one attached hydrogen (secondary N) is 1. The van der Waals surface area contributed by atoms with Crippen LogP contribution in [0.2, 0.25) is 4.34 Å². The minimum absolute atomic E-state index is 0.0997. The van der Waals surface area contributed by atoms with E-state index in [0.717, 1.165) is 30.6 Å². The first kappa shape index (κ1) is 29.4. The number of benzene rings is 1. The summed E-state index contributed by atoms with van der Waals surface area (Å²) in [6.45, 7) is 1.85. The number of carbonyl (C=O) groups excluding carboxylic acids is 1. The minimum Gasteiger partial charge on any atom is -0.480 e. The molecule has 2 saturated heterocycles. The third kappa shape index (κ3) is 6.94. The summed E-state index contributed by atoms with van der Waals surface area (Å²) in [4.78, 5) is 40.2. The summed E-state index contributed by atoms with van der Waals surface area (Å²) in [6, 6.07) is 5.92. The maximum Gasteiger partial charge on any atom is 0.324 e. The fourth-order valence-corrected chi connectivity index (χ4v) is 7.04. The van der Waals surface area contributed by atoms with E-state index < -0.39 is 45.6 Å². The summed E-state index contributed by atoms with van der Waals surface area (Å²) in [5, 5.41) is 20.9. The number of aliphatic carboxylic acids is 2. The maximum absolute atomic E-state index is 13.4. The van der Waals surface area contributed by atoms with Crippen molar-refractivity contribution in [2.45, 2.75) is 55.1 Å². The Hall–Kier alpha value is -2.62. The van der Waals surface area contributed by atoms with Gasteiger partial charge >= 0.3 is 11.9 Å². The number of halogens is 1. The Balaban J connectivity index is 1.58. The summed E-state index contributed by atoms with van der Waals surface area (Å²) in [5.74, 6) is -5.95. The van der Waals surface area contributed by atoms with Crippen LogP contribution in [-0.2, 0) is 33.9 Å². The number of thiazole rings is 1. The number of anilines is 1. The Kier molecular flexibility index (Phi) is 9.56. The number of carbonyl (C=O) groups is 3. The van der Waals surface area contributed by atoms with Crippen LogP contribution in [0.1, 0.15) is 55.4 Å². The smallest absolute Gasteiger partial charge is 0.324 e. The zero-order chi connectivity index (χ0) is 28.2. The first-order valence-electron chi connectivity index (χ1n) is 12.3. The van der Waals surface area contributed by atoms with Gasteiger partial charge in [0.05, 0.1) is 16.7 Å². The lowest BCUT2D eigenvalue weighted by molar-refractivity contribution is -0.150. The Labute approximate surface area is 233 Å². The van der Waals surface area contributed by atoms with Gasteiger partial charge in [-0.05, 0) is 43.4 Å². The predicted molar refractivity (Wildman–Crippen MR) is 140 cm³/mol. The average Bonchev–Trinajstić information content (AvgIpc) is 3.26. The monoisotopic (exact) mass is 601 g/mol. The number of carboxylic acids is 2. The van der Waals surface area contributed by atoms with E-state index in [0.29, 0.717) is 44.7 Å². The zero-order valence-corrected chi connectivity index (χ0v) is 23.1. The van der Waals surface area contributed by atoms with Gasteiger partial charge in [0, 0.05) is 26.3 Å². The van der Waals surface area contributed by atoms with Crippen molar-refractivity contribution in [1.82, 2.24) is 9.29 Å². The molecule has 3 N–H and O–H groups in total. The van der Waals surface area contributed by atoms with Crippen molar-refractivity contribution in [3.63, 3.8) is 0 Å². The van der Waals surface area contributed by atoms with E-state index in [1.807, 2.05) is 0 Å². The number of aromatic nitrogens is 1. The largest absolute Gasteiger partial charge is 0.480 e. The van der Waals surface area contributed by atoms with Crippen LogP contribution in [0.15, 0.2) is 29.2 Å². The van der Waals surface area contributed by atoms with Crippen LogP contribution in [0.3, 0.4) is 0 Å². The third-order valence-electron chi connectivity index (χ3n) is 6.48. The van der Waals surface area contributed by atoms with Crippen LogP contribution < -0.4 is 5.32 Å². The van der Waals surface area contributed by atoms with Crippen molar-refractivity contribution in [1.29, 1.82) is 0 Å². The van der Waals surface area contributed by atoms with Crippen molar-refractivity contribution in [3.05, 3.63) is 39.9 Å². The molecular formula is C24H28ClN3O9S2. The Bertz CT molecular complexity index is 1290. The van der Waals surface area contributed by atoms with Crippen molar-refractivity contribution in [3.8, 4) is 0 Å². The lowest BCUT2D eigenvalue weighted by Gasteiger charge is -2.28. The maximum atomic E-state index is 13.4. The van der Waals surface area contributed by atoms with Gasteiger partial charge in [-0.15, -0.1) is 0 Å². The fourth-order valence-electron chi connectivity index (χ4n) is 4.42. The number of amides is 1. The number of hydrogen-bond acceptors (Lipinski definition) is 9. The number of piperidine rings is 1. The van der Waals surface area contributed by atoms with Gasteiger partial charge in [-0.25, -0.2) is 13.4 Å². The SMILES string of the molecule is O=C(Nc1nc(C(C(=O)O)C(=O)O)c(Cl)s1)C(OC1CCOCC1)c1ccc(S(=O)(=O)N2CCCCC2)cc1. The van der Waals surface area contributed by atoms with Crippen LogP contribution in [0.25, 0.3) is 0 Å². The molecule has 212 valence electrons. The van der Waals surface area contributed by atoms with Crippen LogP contribution in [0.4, 0.5) is 5.13 Å². The molecule has 1 amide bonds. The molecule has 0 spiro atoms. The fraction of sp³-hybridized carbons (Fsp3) is 0.500. The Morgan fingerprint density at radius 2 is 1.69 bits per heavy atom. The molecule has 0 aliphatic carbocycles. The highest BCUT2D eigenvalue weighted by molar-refractivity contribution is 7.89. The van der Waals surface area contributed by atoms with E-state index in [2.05, 4.69) is 10.3 Å². The van der Waals surface area contributed by atoms with Crippen LogP contribution >= 0.6 is 22.9 Å². The molecule has 3 heterocycles. The van der Waals surface area contributed by atoms with Crippen LogP contribution in [0.5, 0.6) is 0 Å². The van der Waals surface area contributed by atoms with Crippen LogP contribution in [0, 0.1) is 0 Å². The lowest BCUT2D eigenvalue weighted by atomic mass is 10.1. The molecule has 0 saturated carbocycles. The summed E-state index contributed by atoms with van der Waals surface area (Å²) in [5.41, 5.74) is -0.000419. The standard InChI is InChI=1S/C24H28ClN3O9S2/c25-20-18(17(22(30)31)23(32)33)26-24(38-20)27-21(29)19(37-15-8-12-36-13-9-15)14-4-6-16(7-5-14)39(34,35)28-10-2-1-3-11-28/h4-7,15,17,19H,1-3,8-13H2,(H,30,31)(H,32,33)(H,26,27,29). The van der Waals surface area contributed by atoms with Crippen LogP contribution in [-0.4, -0.2) is 78.2 Å². The van der Waals surface area contributed by atoms with Gasteiger partial charge in [-0.3, -0.25) is 19.7 Å². The van der Waals surface area contributed by atoms with Gasteiger partial charge in [-0.2, -0.15) is 4.31 Å². The Morgan fingerprint density at radius 1 is 1.08 bits per heavy atom. The number of carboxylic acid groups (broad SMARTS) is 2. The minimum atomic E-state index is -3.67.